The Morgan fingerprint density at radius 1 is 0.926 bits per heavy atom. The summed E-state index contributed by atoms with van der Waals surface area (Å²) in [5, 5.41) is 5.80. The molecular weight excluding hydrogens is 342 g/mol. The van der Waals surface area contributed by atoms with Gasteiger partial charge in [0.05, 0.1) is 0 Å². The zero-order chi connectivity index (χ0) is 19.4. The van der Waals surface area contributed by atoms with E-state index in [1.807, 2.05) is 18.4 Å². The first kappa shape index (κ1) is 19.6. The summed E-state index contributed by atoms with van der Waals surface area (Å²) < 4.78 is 1.92. The molecule has 2 N–H and O–H groups in total. The van der Waals surface area contributed by atoms with Gasteiger partial charge in [0, 0.05) is 30.5 Å². The molecule has 6 nitrogen and oxygen atoms in total. The lowest BCUT2D eigenvalue weighted by molar-refractivity contribution is 0.0925. The van der Waals surface area contributed by atoms with Gasteiger partial charge in [-0.3, -0.25) is 14.4 Å². The van der Waals surface area contributed by atoms with Crippen LogP contribution in [0.2, 0.25) is 0 Å². The number of carbonyl (C=O) groups is 2. The Morgan fingerprint density at radius 3 is 2.07 bits per heavy atom. The van der Waals surface area contributed by atoms with E-state index in [2.05, 4.69) is 10.6 Å². The summed E-state index contributed by atoms with van der Waals surface area (Å²) in [5.74, 6) is -0.757. The van der Waals surface area contributed by atoms with Crippen LogP contribution in [0.4, 0.5) is 0 Å². The summed E-state index contributed by atoms with van der Waals surface area (Å²) >= 11 is 0. The first-order chi connectivity index (χ1) is 13.0. The van der Waals surface area contributed by atoms with Gasteiger partial charge in [0.25, 0.3) is 11.8 Å². The summed E-state index contributed by atoms with van der Waals surface area (Å²) in [6.07, 6.45) is 12.9. The molecule has 0 unspecified atom stereocenters. The normalized spacial score (nSPS) is 18.6. The van der Waals surface area contributed by atoms with Crippen LogP contribution in [0.15, 0.2) is 17.2 Å². The van der Waals surface area contributed by atoms with E-state index in [9.17, 15) is 14.4 Å². The minimum Gasteiger partial charge on any atom is -0.350 e. The van der Waals surface area contributed by atoms with Crippen LogP contribution in [0.25, 0.3) is 0 Å². The highest BCUT2D eigenvalue weighted by molar-refractivity contribution is 5.99. The van der Waals surface area contributed by atoms with Crippen LogP contribution in [0.3, 0.4) is 0 Å². The minimum atomic E-state index is -0.476. The second-order valence-electron chi connectivity index (χ2n) is 8.24. The molecule has 3 rings (SSSR count). The molecule has 2 saturated carbocycles. The molecule has 0 radical (unpaired) electrons. The molecule has 2 fully saturated rings. The van der Waals surface area contributed by atoms with Gasteiger partial charge in [-0.05, 0) is 39.5 Å². The monoisotopic (exact) mass is 373 g/mol. The molecule has 0 aliphatic heterocycles. The van der Waals surface area contributed by atoms with Crippen LogP contribution in [-0.2, 0) is 0 Å². The van der Waals surface area contributed by atoms with Crippen molar-refractivity contribution >= 4 is 11.8 Å². The van der Waals surface area contributed by atoms with Crippen LogP contribution in [0.5, 0.6) is 0 Å². The van der Waals surface area contributed by atoms with Gasteiger partial charge in [0.2, 0.25) is 5.43 Å². The van der Waals surface area contributed by atoms with Crippen LogP contribution in [0.1, 0.15) is 98.4 Å². The number of aromatic nitrogens is 1. The zero-order valence-electron chi connectivity index (χ0n) is 16.4. The third-order valence-electron chi connectivity index (χ3n) is 5.64. The molecule has 148 valence electrons. The van der Waals surface area contributed by atoms with Crippen molar-refractivity contribution in [2.45, 2.75) is 89.8 Å². The number of rotatable bonds is 5. The van der Waals surface area contributed by atoms with Crippen LogP contribution >= 0.6 is 0 Å². The van der Waals surface area contributed by atoms with Crippen LogP contribution in [0, 0.1) is 0 Å². The summed E-state index contributed by atoms with van der Waals surface area (Å²) in [7, 11) is 0. The molecule has 1 aromatic heterocycles. The number of pyridine rings is 1. The third kappa shape index (κ3) is 4.79. The number of amides is 2. The highest BCUT2D eigenvalue weighted by Gasteiger charge is 2.25. The largest absolute Gasteiger partial charge is 0.350 e. The predicted molar refractivity (Wildman–Crippen MR) is 105 cm³/mol. The standard InChI is InChI=1S/C21H31N3O3/c1-14(2)22-20(26)17-12-24(16-10-6-7-11-16)13-18(19(17)25)21(27)23-15-8-4-3-5-9-15/h12-16H,3-11H2,1-2H3,(H,22,26)(H,23,27). The van der Waals surface area contributed by atoms with Crippen molar-refractivity contribution < 1.29 is 9.59 Å². The zero-order valence-corrected chi connectivity index (χ0v) is 16.4. The average molecular weight is 373 g/mol. The van der Waals surface area contributed by atoms with E-state index in [0.29, 0.717) is 0 Å². The van der Waals surface area contributed by atoms with Gasteiger partial charge in [-0.25, -0.2) is 0 Å². The van der Waals surface area contributed by atoms with Crippen molar-refractivity contribution in [3.05, 3.63) is 33.7 Å². The Hall–Kier alpha value is -2.11. The second kappa shape index (κ2) is 8.72. The van der Waals surface area contributed by atoms with Gasteiger partial charge in [0.15, 0.2) is 0 Å². The molecule has 6 heteroatoms. The van der Waals surface area contributed by atoms with E-state index in [-0.39, 0.29) is 35.2 Å². The fourth-order valence-corrected chi connectivity index (χ4v) is 4.18. The van der Waals surface area contributed by atoms with E-state index in [4.69, 9.17) is 0 Å². The molecule has 0 saturated heterocycles. The minimum absolute atomic E-state index is 0.0619. The van der Waals surface area contributed by atoms with Gasteiger partial charge in [0.1, 0.15) is 11.1 Å². The maximum absolute atomic E-state index is 12.9. The molecule has 2 amide bonds. The molecule has 0 atom stereocenters. The SMILES string of the molecule is CC(C)NC(=O)c1cn(C2CCCC2)cc(C(=O)NC2CCCCC2)c1=O. The molecule has 0 bridgehead atoms. The average Bonchev–Trinajstić information content (AvgIpc) is 3.16. The quantitative estimate of drug-likeness (QED) is 0.832. The van der Waals surface area contributed by atoms with Crippen LogP contribution in [-0.4, -0.2) is 28.5 Å². The fraction of sp³-hybridized carbons (Fsp3) is 0.667. The summed E-state index contributed by atoms with van der Waals surface area (Å²) in [6, 6.07) is 0.299. The van der Waals surface area contributed by atoms with Gasteiger partial charge in [-0.15, -0.1) is 0 Å². The van der Waals surface area contributed by atoms with Gasteiger partial charge in [-0.1, -0.05) is 32.1 Å². The summed E-state index contributed by atoms with van der Waals surface area (Å²) in [4.78, 5) is 38.3. The number of carbonyl (C=O) groups excluding carboxylic acids is 2. The lowest BCUT2D eigenvalue weighted by Gasteiger charge is -2.23. The van der Waals surface area contributed by atoms with E-state index >= 15 is 0 Å². The van der Waals surface area contributed by atoms with Gasteiger partial charge >= 0.3 is 0 Å². The van der Waals surface area contributed by atoms with Crippen LogP contribution < -0.4 is 16.1 Å². The van der Waals surface area contributed by atoms with Gasteiger partial charge in [-0.2, -0.15) is 0 Å². The molecule has 0 spiro atoms. The molecule has 27 heavy (non-hydrogen) atoms. The van der Waals surface area contributed by atoms with Gasteiger partial charge < -0.3 is 15.2 Å². The van der Waals surface area contributed by atoms with E-state index in [1.54, 1.807) is 12.4 Å². The highest BCUT2D eigenvalue weighted by Crippen LogP contribution is 2.29. The Balaban J connectivity index is 1.92. The molecule has 1 aromatic rings. The van der Waals surface area contributed by atoms with E-state index in [1.165, 1.54) is 6.42 Å². The maximum Gasteiger partial charge on any atom is 0.256 e. The number of hydrogen-bond acceptors (Lipinski definition) is 3. The number of hydrogen-bond donors (Lipinski definition) is 2. The summed E-state index contributed by atoms with van der Waals surface area (Å²) in [6.45, 7) is 3.71. The van der Waals surface area contributed by atoms with E-state index in [0.717, 1.165) is 51.4 Å². The molecule has 0 aromatic carbocycles. The molecule has 2 aliphatic carbocycles. The first-order valence-corrected chi connectivity index (χ1v) is 10.3. The molecule has 2 aliphatic rings. The van der Waals surface area contributed by atoms with E-state index < -0.39 is 11.3 Å². The number of nitrogens with zero attached hydrogens (tertiary/aromatic N) is 1. The third-order valence-corrected chi connectivity index (χ3v) is 5.64. The topological polar surface area (TPSA) is 80.2 Å². The lowest BCUT2D eigenvalue weighted by atomic mass is 9.95. The number of nitrogens with one attached hydrogen (secondary N) is 2. The van der Waals surface area contributed by atoms with Crippen molar-refractivity contribution in [2.75, 3.05) is 0 Å². The predicted octanol–water partition coefficient (Wildman–Crippen LogP) is 3.16. The Morgan fingerprint density at radius 2 is 1.48 bits per heavy atom. The second-order valence-corrected chi connectivity index (χ2v) is 8.24. The molecular formula is C21H31N3O3. The van der Waals surface area contributed by atoms with Crippen molar-refractivity contribution in [2.24, 2.45) is 0 Å². The summed E-state index contributed by atoms with van der Waals surface area (Å²) in [5.41, 5.74) is -0.327. The maximum atomic E-state index is 12.9. The van der Waals surface area contributed by atoms with Crippen molar-refractivity contribution in [1.82, 2.24) is 15.2 Å². The van der Waals surface area contributed by atoms with Crippen molar-refractivity contribution in [3.8, 4) is 0 Å². The van der Waals surface area contributed by atoms with Crippen molar-refractivity contribution in [3.63, 3.8) is 0 Å². The Bertz CT molecular complexity index is 742. The smallest absolute Gasteiger partial charge is 0.256 e. The lowest BCUT2D eigenvalue weighted by Crippen LogP contribution is -2.41. The highest BCUT2D eigenvalue weighted by atomic mass is 16.2. The van der Waals surface area contributed by atoms with Crippen molar-refractivity contribution in [1.29, 1.82) is 0 Å². The first-order valence-electron chi connectivity index (χ1n) is 10.3. The fourth-order valence-electron chi connectivity index (χ4n) is 4.18. The molecule has 1 heterocycles. The Labute approximate surface area is 160 Å². The Kier molecular flexibility index (Phi) is 6.34.